The highest BCUT2D eigenvalue weighted by atomic mass is 35.5. The molecule has 1 amide bonds. The molecule has 0 fully saturated rings. The molecular weight excluding hydrogens is 263 g/mol. The summed E-state index contributed by atoms with van der Waals surface area (Å²) in [6.45, 7) is 3.48. The van der Waals surface area contributed by atoms with E-state index >= 15 is 0 Å². The van der Waals surface area contributed by atoms with Crippen molar-refractivity contribution >= 4 is 34.8 Å². The number of carbonyl (C=O) groups excluding carboxylic acids is 1. The van der Waals surface area contributed by atoms with Crippen LogP contribution in [0.3, 0.4) is 0 Å². The third-order valence-corrected chi connectivity index (χ3v) is 3.04. The van der Waals surface area contributed by atoms with Gasteiger partial charge in [-0.3, -0.25) is 4.79 Å². The minimum Gasteiger partial charge on any atom is -0.505 e. The Bertz CT molecular complexity index is 424. The quantitative estimate of drug-likeness (QED) is 0.744. The zero-order chi connectivity index (χ0) is 13.2. The third-order valence-electron chi connectivity index (χ3n) is 2.47. The molecular formula is C11H14Cl2N2O2. The lowest BCUT2D eigenvalue weighted by Gasteiger charge is -2.22. The summed E-state index contributed by atoms with van der Waals surface area (Å²) in [5, 5.41) is 15.1. The van der Waals surface area contributed by atoms with Gasteiger partial charge in [-0.1, -0.05) is 23.2 Å². The summed E-state index contributed by atoms with van der Waals surface area (Å²) in [5.41, 5.74) is -0.275. The molecule has 1 aromatic rings. The van der Waals surface area contributed by atoms with Crippen LogP contribution in [0.4, 0.5) is 5.69 Å². The first-order valence-corrected chi connectivity index (χ1v) is 5.72. The lowest BCUT2D eigenvalue weighted by atomic mass is 10.1. The van der Waals surface area contributed by atoms with Gasteiger partial charge >= 0.3 is 0 Å². The number of phenols is 1. The highest BCUT2D eigenvalue weighted by Gasteiger charge is 2.25. The van der Waals surface area contributed by atoms with Crippen molar-refractivity contribution in [1.82, 2.24) is 5.32 Å². The van der Waals surface area contributed by atoms with Crippen LogP contribution in [0.1, 0.15) is 13.8 Å². The SMILES string of the molecule is CNC(C)(C)C(=O)Nc1cc(Cl)c(O)c(Cl)c1. The minimum absolute atomic E-state index is 0.0927. The Morgan fingerprint density at radius 3 is 2.18 bits per heavy atom. The average molecular weight is 277 g/mol. The molecule has 0 saturated heterocycles. The van der Waals surface area contributed by atoms with Crippen molar-refractivity contribution in [2.24, 2.45) is 0 Å². The fraction of sp³-hybridized carbons (Fsp3) is 0.364. The average Bonchev–Trinajstić information content (AvgIpc) is 2.25. The number of nitrogens with one attached hydrogen (secondary N) is 2. The summed E-state index contributed by atoms with van der Waals surface area (Å²) in [4.78, 5) is 11.9. The van der Waals surface area contributed by atoms with E-state index in [0.717, 1.165) is 0 Å². The summed E-state index contributed by atoms with van der Waals surface area (Å²) in [7, 11) is 1.69. The first-order chi connectivity index (χ1) is 7.77. The number of likely N-dealkylation sites (N-methyl/N-ethyl adjacent to an activating group) is 1. The zero-order valence-corrected chi connectivity index (χ0v) is 11.3. The van der Waals surface area contributed by atoms with Crippen LogP contribution in [0.25, 0.3) is 0 Å². The van der Waals surface area contributed by atoms with Crippen molar-refractivity contribution < 1.29 is 9.90 Å². The summed E-state index contributed by atoms with van der Waals surface area (Å²) >= 11 is 11.5. The van der Waals surface area contributed by atoms with Crippen LogP contribution in [0.15, 0.2) is 12.1 Å². The van der Waals surface area contributed by atoms with Crippen LogP contribution in [-0.2, 0) is 4.79 Å². The topological polar surface area (TPSA) is 61.4 Å². The molecule has 1 rings (SSSR count). The first kappa shape index (κ1) is 14.1. The first-order valence-electron chi connectivity index (χ1n) is 4.96. The molecule has 94 valence electrons. The van der Waals surface area contributed by atoms with Gasteiger partial charge < -0.3 is 15.7 Å². The van der Waals surface area contributed by atoms with Crippen molar-refractivity contribution in [1.29, 1.82) is 0 Å². The van der Waals surface area contributed by atoms with Crippen LogP contribution in [-0.4, -0.2) is 23.6 Å². The lowest BCUT2D eigenvalue weighted by molar-refractivity contribution is -0.121. The minimum atomic E-state index is -0.711. The highest BCUT2D eigenvalue weighted by molar-refractivity contribution is 6.37. The Kier molecular flexibility index (Phi) is 4.25. The summed E-state index contributed by atoms with van der Waals surface area (Å²) < 4.78 is 0. The number of amides is 1. The van der Waals surface area contributed by atoms with Crippen molar-refractivity contribution in [3.8, 4) is 5.75 Å². The maximum Gasteiger partial charge on any atom is 0.244 e. The number of hydrogen-bond acceptors (Lipinski definition) is 3. The Balaban J connectivity index is 2.94. The van der Waals surface area contributed by atoms with Gasteiger partial charge in [-0.05, 0) is 33.0 Å². The predicted octanol–water partition coefficient (Wildman–Crippen LogP) is 2.64. The Labute approximate surface area is 110 Å². The zero-order valence-electron chi connectivity index (χ0n) is 9.77. The molecule has 1 aromatic carbocycles. The van der Waals surface area contributed by atoms with E-state index in [0.29, 0.717) is 5.69 Å². The molecule has 0 radical (unpaired) electrons. The molecule has 4 nitrogen and oxygen atoms in total. The summed E-state index contributed by atoms with van der Waals surface area (Å²) in [5.74, 6) is -0.419. The smallest absolute Gasteiger partial charge is 0.244 e. The fourth-order valence-corrected chi connectivity index (χ4v) is 1.53. The maximum absolute atomic E-state index is 11.9. The van der Waals surface area contributed by atoms with Gasteiger partial charge in [-0.25, -0.2) is 0 Å². The standard InChI is InChI=1S/C11H14Cl2N2O2/c1-11(2,14-3)10(17)15-6-4-7(12)9(16)8(13)5-6/h4-5,14,16H,1-3H3,(H,15,17). The van der Waals surface area contributed by atoms with Gasteiger partial charge in [0.15, 0.2) is 5.75 Å². The van der Waals surface area contributed by atoms with E-state index in [-0.39, 0.29) is 21.7 Å². The van der Waals surface area contributed by atoms with E-state index in [9.17, 15) is 9.90 Å². The van der Waals surface area contributed by atoms with Crippen LogP contribution >= 0.6 is 23.2 Å². The Morgan fingerprint density at radius 2 is 1.76 bits per heavy atom. The van der Waals surface area contributed by atoms with Gasteiger partial charge in [0.25, 0.3) is 0 Å². The van der Waals surface area contributed by atoms with Crippen molar-refractivity contribution in [2.75, 3.05) is 12.4 Å². The second-order valence-corrected chi connectivity index (χ2v) is 4.93. The number of benzene rings is 1. The molecule has 17 heavy (non-hydrogen) atoms. The number of rotatable bonds is 3. The van der Waals surface area contributed by atoms with Crippen LogP contribution in [0.2, 0.25) is 10.0 Å². The van der Waals surface area contributed by atoms with E-state index in [1.807, 2.05) is 0 Å². The highest BCUT2D eigenvalue weighted by Crippen LogP contribution is 2.34. The van der Waals surface area contributed by atoms with Gasteiger partial charge in [0, 0.05) is 5.69 Å². The van der Waals surface area contributed by atoms with Gasteiger partial charge in [-0.2, -0.15) is 0 Å². The van der Waals surface area contributed by atoms with Crippen LogP contribution < -0.4 is 10.6 Å². The van der Waals surface area contributed by atoms with Gasteiger partial charge in [0.05, 0.1) is 15.6 Å². The molecule has 0 unspecified atom stereocenters. The van der Waals surface area contributed by atoms with Crippen LogP contribution in [0.5, 0.6) is 5.75 Å². The molecule has 0 aliphatic rings. The largest absolute Gasteiger partial charge is 0.505 e. The normalized spacial score (nSPS) is 11.4. The van der Waals surface area contributed by atoms with E-state index in [2.05, 4.69) is 10.6 Å². The van der Waals surface area contributed by atoms with E-state index < -0.39 is 5.54 Å². The Morgan fingerprint density at radius 1 is 1.29 bits per heavy atom. The number of anilines is 1. The molecule has 0 spiro atoms. The number of carbonyl (C=O) groups is 1. The van der Waals surface area contributed by atoms with Crippen LogP contribution in [0, 0.1) is 0 Å². The van der Waals surface area contributed by atoms with E-state index in [1.54, 1.807) is 20.9 Å². The summed E-state index contributed by atoms with van der Waals surface area (Å²) in [6.07, 6.45) is 0. The molecule has 0 bridgehead atoms. The van der Waals surface area contributed by atoms with Crippen molar-refractivity contribution in [3.63, 3.8) is 0 Å². The number of halogens is 2. The lowest BCUT2D eigenvalue weighted by Crippen LogP contribution is -2.47. The van der Waals surface area contributed by atoms with Gasteiger partial charge in [0.1, 0.15) is 0 Å². The molecule has 0 aliphatic heterocycles. The number of phenolic OH excluding ortho intramolecular Hbond substituents is 1. The predicted molar refractivity (Wildman–Crippen MR) is 69.9 cm³/mol. The summed E-state index contributed by atoms with van der Waals surface area (Å²) in [6, 6.07) is 2.87. The van der Waals surface area contributed by atoms with Gasteiger partial charge in [0.2, 0.25) is 5.91 Å². The molecule has 0 atom stereocenters. The maximum atomic E-state index is 11.9. The second kappa shape index (κ2) is 5.12. The molecule has 6 heteroatoms. The van der Waals surface area contributed by atoms with Crippen molar-refractivity contribution in [2.45, 2.75) is 19.4 Å². The molecule has 0 aliphatic carbocycles. The molecule has 0 saturated carbocycles. The molecule has 0 aromatic heterocycles. The molecule has 3 N–H and O–H groups in total. The van der Waals surface area contributed by atoms with E-state index in [4.69, 9.17) is 23.2 Å². The number of hydrogen-bond donors (Lipinski definition) is 3. The monoisotopic (exact) mass is 276 g/mol. The Hall–Kier alpha value is -0.970. The van der Waals surface area contributed by atoms with E-state index in [1.165, 1.54) is 12.1 Å². The third kappa shape index (κ3) is 3.25. The van der Waals surface area contributed by atoms with Crippen molar-refractivity contribution in [3.05, 3.63) is 22.2 Å². The number of aromatic hydroxyl groups is 1. The second-order valence-electron chi connectivity index (χ2n) is 4.12. The fourth-order valence-electron chi connectivity index (χ4n) is 1.04. The molecule has 0 heterocycles. The van der Waals surface area contributed by atoms with Gasteiger partial charge in [-0.15, -0.1) is 0 Å².